The van der Waals surface area contributed by atoms with Gasteiger partial charge in [-0.15, -0.1) is 6.58 Å². The van der Waals surface area contributed by atoms with Crippen LogP contribution in [0.3, 0.4) is 0 Å². The summed E-state index contributed by atoms with van der Waals surface area (Å²) < 4.78 is 31.7. The van der Waals surface area contributed by atoms with Crippen molar-refractivity contribution in [1.82, 2.24) is 4.31 Å². The number of hydrogen-bond acceptors (Lipinski definition) is 4. The third kappa shape index (κ3) is 3.59. The normalized spacial score (nSPS) is 11.6. The highest BCUT2D eigenvalue weighted by Gasteiger charge is 2.23. The fourth-order valence-electron chi connectivity index (χ4n) is 1.93. The average Bonchev–Trinajstić information content (AvgIpc) is 2.46. The van der Waals surface area contributed by atoms with Crippen molar-refractivity contribution < 1.29 is 13.2 Å². The summed E-state index contributed by atoms with van der Waals surface area (Å²) >= 11 is 0. The molecule has 0 unspecified atom stereocenters. The van der Waals surface area contributed by atoms with Gasteiger partial charge in [0.1, 0.15) is 5.75 Å². The predicted molar refractivity (Wildman–Crippen MR) is 80.1 cm³/mol. The van der Waals surface area contributed by atoms with E-state index in [4.69, 9.17) is 10.5 Å². The van der Waals surface area contributed by atoms with Crippen LogP contribution in [0.2, 0.25) is 0 Å². The Morgan fingerprint density at radius 1 is 1.45 bits per heavy atom. The first-order valence-corrected chi connectivity index (χ1v) is 7.93. The highest BCUT2D eigenvalue weighted by molar-refractivity contribution is 7.89. The lowest BCUT2D eigenvalue weighted by atomic mass is 10.2. The molecule has 0 saturated heterocycles. The zero-order valence-electron chi connectivity index (χ0n) is 12.0. The Morgan fingerprint density at radius 3 is 2.65 bits per heavy atom. The van der Waals surface area contributed by atoms with Crippen molar-refractivity contribution in [3.63, 3.8) is 0 Å². The molecule has 1 rings (SSSR count). The number of benzene rings is 1. The third-order valence-electron chi connectivity index (χ3n) is 2.92. The summed E-state index contributed by atoms with van der Waals surface area (Å²) in [5.74, 6) is 0.595. The molecule has 0 bridgehead atoms. The summed E-state index contributed by atoms with van der Waals surface area (Å²) in [5.41, 5.74) is 6.30. The van der Waals surface area contributed by atoms with Gasteiger partial charge >= 0.3 is 0 Å². The number of rotatable bonds is 8. The van der Waals surface area contributed by atoms with Gasteiger partial charge in [0.15, 0.2) is 0 Å². The van der Waals surface area contributed by atoms with Gasteiger partial charge in [-0.2, -0.15) is 4.31 Å². The fourth-order valence-corrected chi connectivity index (χ4v) is 3.48. The minimum absolute atomic E-state index is 0.224. The molecule has 6 heteroatoms. The van der Waals surface area contributed by atoms with Crippen LogP contribution in [-0.2, 0) is 16.6 Å². The van der Waals surface area contributed by atoms with E-state index in [1.165, 1.54) is 11.4 Å². The average molecular weight is 298 g/mol. The Morgan fingerprint density at radius 2 is 2.15 bits per heavy atom. The monoisotopic (exact) mass is 298 g/mol. The summed E-state index contributed by atoms with van der Waals surface area (Å²) in [6.45, 7) is 6.51. The molecule has 1 aromatic carbocycles. The molecular formula is C14H22N2O3S. The number of hydrogen-bond donors (Lipinski definition) is 1. The van der Waals surface area contributed by atoms with Crippen molar-refractivity contribution >= 4 is 10.0 Å². The molecule has 1 aromatic rings. The second-order valence-electron chi connectivity index (χ2n) is 4.33. The minimum atomic E-state index is -3.53. The second kappa shape index (κ2) is 7.42. The van der Waals surface area contributed by atoms with Crippen LogP contribution >= 0.6 is 0 Å². The molecule has 0 radical (unpaired) electrons. The summed E-state index contributed by atoms with van der Waals surface area (Å²) in [6, 6.07) is 4.74. The van der Waals surface area contributed by atoms with Crippen molar-refractivity contribution in [2.24, 2.45) is 5.73 Å². The Balaban J connectivity index is 3.22. The smallest absolute Gasteiger partial charge is 0.243 e. The van der Waals surface area contributed by atoms with E-state index in [0.29, 0.717) is 24.4 Å². The van der Waals surface area contributed by atoms with Crippen LogP contribution in [0.5, 0.6) is 5.75 Å². The van der Waals surface area contributed by atoms with Crippen LogP contribution in [0.25, 0.3) is 0 Å². The van der Waals surface area contributed by atoms with Crippen LogP contribution in [0.4, 0.5) is 0 Å². The molecule has 0 amide bonds. The zero-order valence-corrected chi connectivity index (χ0v) is 12.8. The molecule has 112 valence electrons. The van der Waals surface area contributed by atoms with Crippen LogP contribution < -0.4 is 10.5 Å². The van der Waals surface area contributed by atoms with Gasteiger partial charge in [0.2, 0.25) is 10.0 Å². The minimum Gasteiger partial charge on any atom is -0.496 e. The standard InChI is InChI=1S/C14H22N2O3S/c1-4-8-16(9-5-2)20(17,18)13-6-7-14(19-3)12(10-13)11-15/h4,6-7,10H,1,5,8-9,11,15H2,2-3H3. The number of methoxy groups -OCH3 is 1. The molecule has 0 saturated carbocycles. The molecule has 0 aliphatic rings. The molecule has 0 fully saturated rings. The van der Waals surface area contributed by atoms with Crippen LogP contribution in [0, 0.1) is 0 Å². The van der Waals surface area contributed by atoms with Gasteiger partial charge in [0.25, 0.3) is 0 Å². The Kier molecular flexibility index (Phi) is 6.19. The number of ether oxygens (including phenoxy) is 1. The molecule has 0 heterocycles. The first-order valence-electron chi connectivity index (χ1n) is 6.49. The van der Waals surface area contributed by atoms with E-state index in [0.717, 1.165) is 6.42 Å². The van der Waals surface area contributed by atoms with Crippen molar-refractivity contribution in [3.8, 4) is 5.75 Å². The maximum atomic E-state index is 12.6. The van der Waals surface area contributed by atoms with Gasteiger partial charge in [0, 0.05) is 25.2 Å². The largest absolute Gasteiger partial charge is 0.496 e. The predicted octanol–water partition coefficient (Wildman–Crippen LogP) is 1.74. The summed E-state index contributed by atoms with van der Waals surface area (Å²) in [6.07, 6.45) is 2.33. The first-order chi connectivity index (χ1) is 9.51. The number of nitrogens with zero attached hydrogens (tertiary/aromatic N) is 1. The molecule has 20 heavy (non-hydrogen) atoms. The van der Waals surface area contributed by atoms with Crippen LogP contribution in [0.15, 0.2) is 35.7 Å². The lowest BCUT2D eigenvalue weighted by Gasteiger charge is -2.20. The van der Waals surface area contributed by atoms with E-state index in [9.17, 15) is 8.42 Å². The Hall–Kier alpha value is -1.37. The molecule has 0 atom stereocenters. The van der Waals surface area contributed by atoms with Gasteiger partial charge in [-0.05, 0) is 24.6 Å². The first kappa shape index (κ1) is 16.7. The molecular weight excluding hydrogens is 276 g/mol. The molecule has 0 aliphatic heterocycles. The quantitative estimate of drug-likeness (QED) is 0.742. The second-order valence-corrected chi connectivity index (χ2v) is 6.27. The molecule has 2 N–H and O–H groups in total. The molecule has 0 spiro atoms. The summed E-state index contributed by atoms with van der Waals surface area (Å²) in [4.78, 5) is 0.231. The highest BCUT2D eigenvalue weighted by Crippen LogP contribution is 2.24. The maximum Gasteiger partial charge on any atom is 0.243 e. The summed E-state index contributed by atoms with van der Waals surface area (Å²) in [7, 11) is -2.00. The third-order valence-corrected chi connectivity index (χ3v) is 4.78. The van der Waals surface area contributed by atoms with E-state index in [-0.39, 0.29) is 11.4 Å². The van der Waals surface area contributed by atoms with Gasteiger partial charge in [-0.1, -0.05) is 13.0 Å². The van der Waals surface area contributed by atoms with Gasteiger partial charge in [-0.3, -0.25) is 0 Å². The van der Waals surface area contributed by atoms with Gasteiger partial charge in [0.05, 0.1) is 12.0 Å². The Labute approximate surface area is 121 Å². The molecule has 5 nitrogen and oxygen atoms in total. The van der Waals surface area contributed by atoms with Gasteiger partial charge < -0.3 is 10.5 Å². The zero-order chi connectivity index (χ0) is 15.2. The lowest BCUT2D eigenvalue weighted by Crippen LogP contribution is -2.32. The Bertz CT molecular complexity index is 556. The topological polar surface area (TPSA) is 72.6 Å². The van der Waals surface area contributed by atoms with Crippen LogP contribution in [0.1, 0.15) is 18.9 Å². The van der Waals surface area contributed by atoms with E-state index < -0.39 is 10.0 Å². The van der Waals surface area contributed by atoms with Crippen LogP contribution in [-0.4, -0.2) is 32.9 Å². The van der Waals surface area contributed by atoms with E-state index in [2.05, 4.69) is 6.58 Å². The summed E-state index contributed by atoms with van der Waals surface area (Å²) in [5, 5.41) is 0. The molecule has 0 aliphatic carbocycles. The maximum absolute atomic E-state index is 12.6. The van der Waals surface area contributed by atoms with Crippen molar-refractivity contribution in [2.75, 3.05) is 20.2 Å². The number of nitrogens with two attached hydrogens (primary N) is 1. The van der Waals surface area contributed by atoms with Gasteiger partial charge in [-0.25, -0.2) is 8.42 Å². The lowest BCUT2D eigenvalue weighted by molar-refractivity contribution is 0.409. The van der Waals surface area contributed by atoms with Crippen molar-refractivity contribution in [2.45, 2.75) is 24.8 Å². The van der Waals surface area contributed by atoms with E-state index in [1.54, 1.807) is 24.3 Å². The fraction of sp³-hybridized carbons (Fsp3) is 0.429. The van der Waals surface area contributed by atoms with E-state index >= 15 is 0 Å². The highest BCUT2D eigenvalue weighted by atomic mass is 32.2. The number of sulfonamides is 1. The van der Waals surface area contributed by atoms with Crippen molar-refractivity contribution in [3.05, 3.63) is 36.4 Å². The van der Waals surface area contributed by atoms with E-state index in [1.807, 2.05) is 6.92 Å². The SMILES string of the molecule is C=CCN(CCC)S(=O)(=O)c1ccc(OC)c(CN)c1. The van der Waals surface area contributed by atoms with Crippen molar-refractivity contribution in [1.29, 1.82) is 0 Å². The molecule has 0 aromatic heterocycles.